The number of carbonyl (C=O) groups excluding carboxylic acids is 4. The number of rotatable bonds is 5. The smallest absolute Gasteiger partial charge is 0.311 e. The summed E-state index contributed by atoms with van der Waals surface area (Å²) in [5.41, 5.74) is -0.546. The predicted octanol–water partition coefficient (Wildman–Crippen LogP) is 1.78. The molecule has 0 radical (unpaired) electrons. The number of imide groups is 1. The third kappa shape index (κ3) is 3.76. The van der Waals surface area contributed by atoms with E-state index in [9.17, 15) is 19.2 Å². The van der Waals surface area contributed by atoms with Crippen molar-refractivity contribution in [2.75, 3.05) is 0 Å². The first-order chi connectivity index (χ1) is 11.2. The van der Waals surface area contributed by atoms with Crippen LogP contribution >= 0.6 is 0 Å². The predicted molar refractivity (Wildman–Crippen MR) is 83.3 cm³/mol. The van der Waals surface area contributed by atoms with Crippen LogP contribution in [0.25, 0.3) is 0 Å². The molecule has 2 fully saturated rings. The average Bonchev–Trinajstić information content (AvgIpc) is 2.94. The summed E-state index contributed by atoms with van der Waals surface area (Å²) in [4.78, 5) is 48.3. The molecule has 1 saturated heterocycles. The van der Waals surface area contributed by atoms with Gasteiger partial charge in [0.25, 0.3) is 0 Å². The molecule has 0 aromatic rings. The second-order valence-corrected chi connectivity index (χ2v) is 7.14. The van der Waals surface area contributed by atoms with Crippen molar-refractivity contribution in [3.63, 3.8) is 0 Å². The van der Waals surface area contributed by atoms with Crippen LogP contribution in [0.3, 0.4) is 0 Å². The van der Waals surface area contributed by atoms with Gasteiger partial charge in [0.15, 0.2) is 6.23 Å². The molecule has 1 saturated carbocycles. The minimum atomic E-state index is -0.789. The molecular formula is C17H25NO6. The average molecular weight is 339 g/mol. The van der Waals surface area contributed by atoms with Crippen LogP contribution in [-0.4, -0.2) is 41.0 Å². The molecule has 1 aliphatic heterocycles. The van der Waals surface area contributed by atoms with E-state index in [1.807, 2.05) is 20.8 Å². The van der Waals surface area contributed by atoms with Crippen LogP contribution in [-0.2, 0) is 28.7 Å². The molecule has 7 heteroatoms. The first-order valence-corrected chi connectivity index (χ1v) is 8.40. The summed E-state index contributed by atoms with van der Waals surface area (Å²) >= 11 is 0. The highest BCUT2D eigenvalue weighted by Gasteiger charge is 2.47. The molecule has 3 atom stereocenters. The number of esters is 2. The molecule has 2 amide bonds. The molecule has 0 aromatic carbocycles. The van der Waals surface area contributed by atoms with Crippen LogP contribution < -0.4 is 0 Å². The Morgan fingerprint density at radius 2 is 1.88 bits per heavy atom. The Kier molecular flexibility index (Phi) is 5.30. The lowest BCUT2D eigenvalue weighted by Gasteiger charge is -2.38. The van der Waals surface area contributed by atoms with E-state index in [-0.39, 0.29) is 36.2 Å². The lowest BCUT2D eigenvalue weighted by molar-refractivity contribution is -0.188. The quantitative estimate of drug-likeness (QED) is 0.431. The van der Waals surface area contributed by atoms with Crippen LogP contribution in [0.1, 0.15) is 59.8 Å². The highest BCUT2D eigenvalue weighted by atomic mass is 16.6. The van der Waals surface area contributed by atoms with E-state index in [4.69, 9.17) is 9.47 Å². The molecule has 0 spiro atoms. The largest absolute Gasteiger partial charge is 0.462 e. The molecule has 1 heterocycles. The molecule has 3 unspecified atom stereocenters. The van der Waals surface area contributed by atoms with Gasteiger partial charge in [-0.15, -0.1) is 0 Å². The number of nitrogens with zero attached hydrogens (tertiary/aromatic N) is 1. The normalized spacial score (nSPS) is 26.8. The molecule has 0 bridgehead atoms. The summed E-state index contributed by atoms with van der Waals surface area (Å²) in [5, 5.41) is 0. The Labute approximate surface area is 141 Å². The Morgan fingerprint density at radius 3 is 2.42 bits per heavy atom. The Hall–Kier alpha value is -1.92. The molecule has 24 heavy (non-hydrogen) atoms. The Bertz CT molecular complexity index is 555. The lowest BCUT2D eigenvalue weighted by atomic mass is 9.90. The Morgan fingerprint density at radius 1 is 1.21 bits per heavy atom. The van der Waals surface area contributed by atoms with E-state index in [1.54, 1.807) is 0 Å². The molecular weight excluding hydrogens is 314 g/mol. The van der Waals surface area contributed by atoms with Gasteiger partial charge in [-0.3, -0.25) is 19.2 Å². The Balaban J connectivity index is 1.91. The van der Waals surface area contributed by atoms with Crippen LogP contribution in [0.15, 0.2) is 0 Å². The molecule has 2 rings (SSSR count). The number of amides is 2. The zero-order chi connectivity index (χ0) is 18.1. The number of carbonyl (C=O) groups is 4. The van der Waals surface area contributed by atoms with Gasteiger partial charge in [-0.05, 0) is 39.5 Å². The number of likely N-dealkylation sites (tertiary alicyclic amines) is 1. The van der Waals surface area contributed by atoms with Crippen molar-refractivity contribution < 1.29 is 28.7 Å². The highest BCUT2D eigenvalue weighted by molar-refractivity contribution is 6.01. The van der Waals surface area contributed by atoms with Crippen molar-refractivity contribution >= 4 is 23.8 Å². The molecule has 7 nitrogen and oxygen atoms in total. The van der Waals surface area contributed by atoms with Crippen molar-refractivity contribution in [2.45, 2.75) is 72.1 Å². The highest BCUT2D eigenvalue weighted by Crippen LogP contribution is 2.34. The van der Waals surface area contributed by atoms with Gasteiger partial charge >= 0.3 is 11.9 Å². The van der Waals surface area contributed by atoms with Crippen LogP contribution in [0.2, 0.25) is 0 Å². The molecule has 1 aliphatic carbocycles. The summed E-state index contributed by atoms with van der Waals surface area (Å²) in [5.74, 6) is -1.84. The number of β-lactam (4-membered cyclic amide) rings is 1. The van der Waals surface area contributed by atoms with Gasteiger partial charge in [-0.25, -0.2) is 4.90 Å². The second kappa shape index (κ2) is 6.91. The number of hydrogen-bond acceptors (Lipinski definition) is 6. The fourth-order valence-corrected chi connectivity index (χ4v) is 2.86. The van der Waals surface area contributed by atoms with Crippen molar-refractivity contribution in [1.82, 2.24) is 4.90 Å². The van der Waals surface area contributed by atoms with E-state index in [0.717, 1.165) is 4.90 Å². The summed E-state index contributed by atoms with van der Waals surface area (Å²) in [6.07, 6.45) is 1.18. The summed E-state index contributed by atoms with van der Waals surface area (Å²) in [6.45, 7) is 6.82. The number of hydrogen-bond donors (Lipinski definition) is 0. The van der Waals surface area contributed by atoms with Gasteiger partial charge in [0.1, 0.15) is 6.10 Å². The van der Waals surface area contributed by atoms with Crippen molar-refractivity contribution in [2.24, 2.45) is 11.3 Å². The van der Waals surface area contributed by atoms with Crippen LogP contribution in [0, 0.1) is 11.3 Å². The van der Waals surface area contributed by atoms with Gasteiger partial charge in [-0.2, -0.15) is 0 Å². The molecule has 0 N–H and O–H groups in total. The third-order valence-corrected chi connectivity index (χ3v) is 4.89. The van der Waals surface area contributed by atoms with E-state index >= 15 is 0 Å². The minimum Gasteiger partial charge on any atom is -0.462 e. The van der Waals surface area contributed by atoms with Crippen LogP contribution in [0.4, 0.5) is 0 Å². The van der Waals surface area contributed by atoms with E-state index in [1.165, 1.54) is 6.92 Å². The van der Waals surface area contributed by atoms with E-state index in [0.29, 0.717) is 25.7 Å². The molecule has 134 valence electrons. The maximum Gasteiger partial charge on any atom is 0.311 e. The molecule has 2 aliphatic rings. The van der Waals surface area contributed by atoms with Crippen LogP contribution in [0.5, 0.6) is 0 Å². The van der Waals surface area contributed by atoms with Crippen molar-refractivity contribution in [3.05, 3.63) is 0 Å². The number of ether oxygens (including phenoxy) is 2. The summed E-state index contributed by atoms with van der Waals surface area (Å²) in [6, 6.07) is 0. The van der Waals surface area contributed by atoms with Gasteiger partial charge in [0, 0.05) is 12.8 Å². The zero-order valence-electron chi connectivity index (χ0n) is 14.7. The lowest BCUT2D eigenvalue weighted by Crippen LogP contribution is -2.58. The monoisotopic (exact) mass is 339 g/mol. The SMILES string of the molecule is CCC(C)(C)C(=O)OC1CCC(C(=O)N2C(=O)CC2OC(C)=O)C1. The van der Waals surface area contributed by atoms with Crippen molar-refractivity contribution in [1.29, 1.82) is 0 Å². The van der Waals surface area contributed by atoms with E-state index in [2.05, 4.69) is 0 Å². The maximum atomic E-state index is 12.5. The summed E-state index contributed by atoms with van der Waals surface area (Å²) < 4.78 is 10.5. The van der Waals surface area contributed by atoms with Gasteiger partial charge in [0.2, 0.25) is 11.8 Å². The van der Waals surface area contributed by atoms with Crippen molar-refractivity contribution in [3.8, 4) is 0 Å². The van der Waals surface area contributed by atoms with E-state index < -0.39 is 17.6 Å². The third-order valence-electron chi connectivity index (χ3n) is 4.89. The fraction of sp³-hybridized carbons (Fsp3) is 0.765. The minimum absolute atomic E-state index is 0.0428. The zero-order valence-corrected chi connectivity index (χ0v) is 14.7. The summed E-state index contributed by atoms with van der Waals surface area (Å²) in [7, 11) is 0. The van der Waals surface area contributed by atoms with Gasteiger partial charge in [0.05, 0.1) is 11.8 Å². The fourth-order valence-electron chi connectivity index (χ4n) is 2.86. The van der Waals surface area contributed by atoms with Gasteiger partial charge in [-0.1, -0.05) is 6.92 Å². The molecule has 0 aromatic heterocycles. The first kappa shape index (κ1) is 18.4. The maximum absolute atomic E-state index is 12.5. The second-order valence-electron chi connectivity index (χ2n) is 7.14. The first-order valence-electron chi connectivity index (χ1n) is 8.40. The van der Waals surface area contributed by atoms with Gasteiger partial charge < -0.3 is 9.47 Å². The topological polar surface area (TPSA) is 90.0 Å². The standard InChI is InChI=1S/C17H25NO6/c1-5-17(3,4)16(22)24-12-7-6-11(8-12)15(21)18-13(20)9-14(18)23-10(2)19/h11-12,14H,5-9H2,1-4H3.